The predicted octanol–water partition coefficient (Wildman–Crippen LogP) is 3.01. The first-order valence-corrected chi connectivity index (χ1v) is 8.89. The van der Waals surface area contributed by atoms with Gasteiger partial charge in [-0.3, -0.25) is 9.59 Å². The van der Waals surface area contributed by atoms with Crippen LogP contribution in [0, 0.1) is 6.92 Å². The summed E-state index contributed by atoms with van der Waals surface area (Å²) in [4.78, 5) is 33.8. The third-order valence-corrected chi connectivity index (χ3v) is 4.54. The molecular formula is C21H23N3O3. The van der Waals surface area contributed by atoms with E-state index in [1.807, 2.05) is 55.5 Å². The molecule has 1 aromatic heterocycles. The Bertz CT molecular complexity index is 916. The Hall–Kier alpha value is -3.15. The number of methoxy groups -OCH3 is 1. The van der Waals surface area contributed by atoms with E-state index in [0.717, 1.165) is 28.0 Å². The number of hydrogen-bond donors (Lipinski definition) is 1. The van der Waals surface area contributed by atoms with Crippen LogP contribution in [0.25, 0.3) is 11.0 Å². The first-order chi connectivity index (χ1) is 13.1. The Labute approximate surface area is 158 Å². The van der Waals surface area contributed by atoms with Gasteiger partial charge in [-0.15, -0.1) is 0 Å². The molecule has 3 rings (SSSR count). The zero-order chi connectivity index (χ0) is 19.2. The number of fused-ring (bicyclic) bond motifs is 1. The molecule has 1 N–H and O–H groups in total. The lowest BCUT2D eigenvalue weighted by Crippen LogP contribution is -2.36. The monoisotopic (exact) mass is 365 g/mol. The molecule has 140 valence electrons. The maximum absolute atomic E-state index is 12.8. The van der Waals surface area contributed by atoms with Gasteiger partial charge in [0, 0.05) is 19.4 Å². The van der Waals surface area contributed by atoms with E-state index in [4.69, 9.17) is 4.74 Å². The van der Waals surface area contributed by atoms with Gasteiger partial charge in [-0.05, 0) is 30.2 Å². The average Bonchev–Trinajstić information content (AvgIpc) is 3.10. The summed E-state index contributed by atoms with van der Waals surface area (Å²) in [6.07, 6.45) is 0.752. The Morgan fingerprint density at radius 1 is 1.11 bits per heavy atom. The van der Waals surface area contributed by atoms with Crippen molar-refractivity contribution in [2.75, 3.05) is 13.7 Å². The fourth-order valence-electron chi connectivity index (χ4n) is 2.95. The number of esters is 1. The number of amides is 1. The normalized spacial score (nSPS) is 10.7. The van der Waals surface area contributed by atoms with E-state index in [-0.39, 0.29) is 18.9 Å². The van der Waals surface area contributed by atoms with Gasteiger partial charge in [-0.2, -0.15) is 0 Å². The lowest BCUT2D eigenvalue weighted by atomic mass is 10.1. The number of H-pyrrole nitrogens is 1. The van der Waals surface area contributed by atoms with Gasteiger partial charge >= 0.3 is 5.97 Å². The number of aromatic amines is 1. The van der Waals surface area contributed by atoms with Crippen molar-refractivity contribution in [1.82, 2.24) is 14.9 Å². The second-order valence-electron chi connectivity index (χ2n) is 6.45. The molecule has 0 aliphatic rings. The summed E-state index contributed by atoms with van der Waals surface area (Å²) in [5.41, 5.74) is 3.92. The van der Waals surface area contributed by atoms with Crippen LogP contribution in [0.5, 0.6) is 0 Å². The number of carbonyl (C=O) groups is 2. The Morgan fingerprint density at radius 3 is 2.59 bits per heavy atom. The van der Waals surface area contributed by atoms with Crippen molar-refractivity contribution in [3.8, 4) is 0 Å². The van der Waals surface area contributed by atoms with E-state index in [1.54, 1.807) is 0 Å². The van der Waals surface area contributed by atoms with Crippen LogP contribution < -0.4 is 0 Å². The molecule has 0 radical (unpaired) electrons. The molecule has 0 unspecified atom stereocenters. The molecule has 0 aliphatic carbocycles. The van der Waals surface area contributed by atoms with E-state index < -0.39 is 5.97 Å². The second kappa shape index (κ2) is 8.49. The van der Waals surface area contributed by atoms with E-state index in [9.17, 15) is 9.59 Å². The molecule has 2 aromatic carbocycles. The van der Waals surface area contributed by atoms with Crippen molar-refractivity contribution < 1.29 is 14.3 Å². The van der Waals surface area contributed by atoms with Crippen molar-refractivity contribution >= 4 is 22.9 Å². The minimum Gasteiger partial charge on any atom is -0.468 e. The number of ether oxygens (including phenoxy) is 1. The summed E-state index contributed by atoms with van der Waals surface area (Å²) in [7, 11) is 1.33. The van der Waals surface area contributed by atoms with Gasteiger partial charge < -0.3 is 14.6 Å². The van der Waals surface area contributed by atoms with Crippen LogP contribution in [0.2, 0.25) is 0 Å². The molecule has 3 aromatic rings. The number of aryl methyl sites for hydroxylation is 2. The second-order valence-corrected chi connectivity index (χ2v) is 6.45. The average molecular weight is 365 g/mol. The summed E-state index contributed by atoms with van der Waals surface area (Å²) in [6, 6.07) is 15.6. The van der Waals surface area contributed by atoms with Gasteiger partial charge in [-0.1, -0.05) is 36.4 Å². The molecule has 1 amide bonds. The molecule has 0 bridgehead atoms. The first kappa shape index (κ1) is 18.6. The Kier molecular flexibility index (Phi) is 5.86. The van der Waals surface area contributed by atoms with Crippen molar-refractivity contribution in [3.63, 3.8) is 0 Å². The van der Waals surface area contributed by atoms with Gasteiger partial charge in [0.1, 0.15) is 12.4 Å². The highest BCUT2D eigenvalue weighted by Crippen LogP contribution is 2.14. The van der Waals surface area contributed by atoms with Crippen LogP contribution in [0.15, 0.2) is 48.5 Å². The molecule has 27 heavy (non-hydrogen) atoms. The summed E-state index contributed by atoms with van der Waals surface area (Å²) < 4.78 is 4.75. The van der Waals surface area contributed by atoms with Crippen LogP contribution in [0.3, 0.4) is 0 Å². The van der Waals surface area contributed by atoms with Crippen LogP contribution in [0.4, 0.5) is 0 Å². The van der Waals surface area contributed by atoms with Crippen LogP contribution in [-0.4, -0.2) is 40.4 Å². The molecule has 0 spiro atoms. The summed E-state index contributed by atoms with van der Waals surface area (Å²) >= 11 is 0. The zero-order valence-electron chi connectivity index (χ0n) is 15.6. The third kappa shape index (κ3) is 4.73. The topological polar surface area (TPSA) is 75.3 Å². The number of nitrogens with zero attached hydrogens (tertiary/aromatic N) is 2. The fourth-order valence-corrected chi connectivity index (χ4v) is 2.95. The van der Waals surface area contributed by atoms with Gasteiger partial charge in [0.25, 0.3) is 0 Å². The van der Waals surface area contributed by atoms with E-state index >= 15 is 0 Å². The summed E-state index contributed by atoms with van der Waals surface area (Å²) in [5, 5.41) is 0. The minimum atomic E-state index is -0.430. The number of nitrogens with one attached hydrogen (secondary N) is 1. The SMILES string of the molecule is COC(=O)CN(Cc1ccccc1C)C(=O)CCc1nc2ccccc2[nH]1. The number of para-hydroxylation sites is 2. The smallest absolute Gasteiger partial charge is 0.325 e. The molecule has 0 fully saturated rings. The zero-order valence-corrected chi connectivity index (χ0v) is 15.6. The molecule has 6 nitrogen and oxygen atoms in total. The van der Waals surface area contributed by atoms with Gasteiger partial charge in [0.05, 0.1) is 18.1 Å². The molecular weight excluding hydrogens is 342 g/mol. The highest BCUT2D eigenvalue weighted by molar-refractivity contribution is 5.82. The number of carbonyl (C=O) groups excluding carboxylic acids is 2. The number of imidazole rings is 1. The lowest BCUT2D eigenvalue weighted by Gasteiger charge is -2.22. The summed E-state index contributed by atoms with van der Waals surface area (Å²) in [5.74, 6) is 0.225. The third-order valence-electron chi connectivity index (χ3n) is 4.54. The van der Waals surface area contributed by atoms with Crippen LogP contribution in [-0.2, 0) is 27.3 Å². The summed E-state index contributed by atoms with van der Waals surface area (Å²) in [6.45, 7) is 2.30. The lowest BCUT2D eigenvalue weighted by molar-refractivity contribution is -0.147. The number of hydrogen-bond acceptors (Lipinski definition) is 4. The molecule has 6 heteroatoms. The number of rotatable bonds is 7. The first-order valence-electron chi connectivity index (χ1n) is 8.89. The highest BCUT2D eigenvalue weighted by Gasteiger charge is 2.19. The molecule has 0 saturated heterocycles. The van der Waals surface area contributed by atoms with E-state index in [0.29, 0.717) is 13.0 Å². The fraction of sp³-hybridized carbons (Fsp3) is 0.286. The number of aromatic nitrogens is 2. The van der Waals surface area contributed by atoms with Gasteiger partial charge in [0.2, 0.25) is 5.91 Å². The van der Waals surface area contributed by atoms with Crippen molar-refractivity contribution in [3.05, 3.63) is 65.5 Å². The van der Waals surface area contributed by atoms with Crippen LogP contribution in [0.1, 0.15) is 23.4 Å². The molecule has 0 aliphatic heterocycles. The largest absolute Gasteiger partial charge is 0.468 e. The van der Waals surface area contributed by atoms with Crippen LogP contribution >= 0.6 is 0 Å². The predicted molar refractivity (Wildman–Crippen MR) is 103 cm³/mol. The molecule has 0 atom stereocenters. The van der Waals surface area contributed by atoms with Crippen molar-refractivity contribution in [2.24, 2.45) is 0 Å². The Morgan fingerprint density at radius 2 is 1.85 bits per heavy atom. The van der Waals surface area contributed by atoms with E-state index in [1.165, 1.54) is 12.0 Å². The number of benzene rings is 2. The van der Waals surface area contributed by atoms with Gasteiger partial charge in [0.15, 0.2) is 0 Å². The van der Waals surface area contributed by atoms with Crippen molar-refractivity contribution in [2.45, 2.75) is 26.3 Å². The molecule has 0 saturated carbocycles. The van der Waals surface area contributed by atoms with E-state index in [2.05, 4.69) is 9.97 Å². The maximum Gasteiger partial charge on any atom is 0.325 e. The highest BCUT2D eigenvalue weighted by atomic mass is 16.5. The van der Waals surface area contributed by atoms with Gasteiger partial charge in [-0.25, -0.2) is 4.98 Å². The molecule has 1 heterocycles. The standard InChI is InChI=1S/C21H23N3O3/c1-15-7-3-4-8-16(15)13-24(14-21(26)27-2)20(25)12-11-19-22-17-9-5-6-10-18(17)23-19/h3-10H,11-14H2,1-2H3,(H,22,23). The van der Waals surface area contributed by atoms with Crippen molar-refractivity contribution in [1.29, 1.82) is 0 Å². The maximum atomic E-state index is 12.8. The quantitative estimate of drug-likeness (QED) is 0.653. The minimum absolute atomic E-state index is 0.0657. The Balaban J connectivity index is 1.69.